The number of ether oxygens (including phenoxy) is 1. The highest BCUT2D eigenvalue weighted by Gasteiger charge is 2.56. The second kappa shape index (κ2) is 8.30. The molecule has 0 aliphatic carbocycles. The lowest BCUT2D eigenvalue weighted by Crippen LogP contribution is -2.53. The maximum absolute atomic E-state index is 14.2. The highest BCUT2D eigenvalue weighted by molar-refractivity contribution is 5.93. The molecule has 1 aliphatic rings. The second-order valence-electron chi connectivity index (χ2n) is 9.48. The maximum atomic E-state index is 14.2. The minimum absolute atomic E-state index is 0.284. The van der Waals surface area contributed by atoms with Gasteiger partial charge in [0, 0.05) is 47.3 Å². The summed E-state index contributed by atoms with van der Waals surface area (Å²) in [4.78, 5) is 12.4. The molecule has 9 heteroatoms. The fourth-order valence-corrected chi connectivity index (χ4v) is 4.63. The summed E-state index contributed by atoms with van der Waals surface area (Å²) in [6.07, 6.45) is -3.71. The van der Waals surface area contributed by atoms with Crippen LogP contribution in [0.3, 0.4) is 0 Å². The zero-order valence-electron chi connectivity index (χ0n) is 19.1. The van der Waals surface area contributed by atoms with Crippen LogP contribution >= 0.6 is 0 Å². The van der Waals surface area contributed by atoms with Crippen LogP contribution in [0.5, 0.6) is 5.75 Å². The van der Waals surface area contributed by atoms with E-state index in [9.17, 15) is 27.5 Å². The van der Waals surface area contributed by atoms with Gasteiger partial charge in [0.2, 0.25) is 0 Å². The highest BCUT2D eigenvalue weighted by atomic mass is 19.4. The van der Waals surface area contributed by atoms with Crippen molar-refractivity contribution in [3.63, 3.8) is 0 Å². The van der Waals surface area contributed by atoms with Crippen LogP contribution < -0.4 is 15.6 Å². The number of pyridine rings is 1. The van der Waals surface area contributed by atoms with E-state index in [0.29, 0.717) is 40.8 Å². The number of hydrogen-bond acceptors (Lipinski definition) is 4. The average Bonchev–Trinajstić information content (AvgIpc) is 3.21. The van der Waals surface area contributed by atoms with Crippen molar-refractivity contribution in [2.75, 3.05) is 18.5 Å². The molecular formula is C25H26F4N2O3. The van der Waals surface area contributed by atoms with Crippen molar-refractivity contribution in [2.45, 2.75) is 43.9 Å². The fraction of sp³-hybridized carbons (Fsp3) is 0.400. The van der Waals surface area contributed by atoms with Crippen molar-refractivity contribution in [3.8, 4) is 5.75 Å². The molecule has 0 fully saturated rings. The van der Waals surface area contributed by atoms with Gasteiger partial charge in [0.25, 0.3) is 5.56 Å². The lowest BCUT2D eigenvalue weighted by atomic mass is 9.74. The Hall–Kier alpha value is -3.07. The van der Waals surface area contributed by atoms with Crippen molar-refractivity contribution >= 4 is 16.5 Å². The van der Waals surface area contributed by atoms with Gasteiger partial charge in [0.05, 0.1) is 13.2 Å². The first kappa shape index (κ1) is 24.1. The summed E-state index contributed by atoms with van der Waals surface area (Å²) in [6.45, 7) is 2.53. The van der Waals surface area contributed by atoms with Crippen LogP contribution in [-0.2, 0) is 18.9 Å². The Kier molecular flexibility index (Phi) is 5.88. The first-order chi connectivity index (χ1) is 15.8. The van der Waals surface area contributed by atoms with Crippen LogP contribution in [0.4, 0.5) is 23.2 Å². The third-order valence-electron chi connectivity index (χ3n) is 6.43. The van der Waals surface area contributed by atoms with Crippen LogP contribution in [0.15, 0.2) is 47.4 Å². The van der Waals surface area contributed by atoms with Crippen LogP contribution in [0, 0.1) is 5.82 Å². The Bertz CT molecular complexity index is 1300. The van der Waals surface area contributed by atoms with Crippen molar-refractivity contribution in [1.29, 1.82) is 0 Å². The van der Waals surface area contributed by atoms with E-state index in [-0.39, 0.29) is 11.1 Å². The van der Waals surface area contributed by atoms with Crippen molar-refractivity contribution in [1.82, 2.24) is 4.57 Å². The minimum atomic E-state index is -4.98. The standard InChI is InChI=1S/C25H26F4N2O3/c1-23(2,19-12-16(26)11-15-8-10-34-21(15)19)13-24(33,25(27,28)29)14-30-20-6-4-5-18-17(20)7-9-31(3)22(18)32/h4-7,9,11-12,30,33H,8,10,13-14H2,1-3H3/t24-/m0/s1. The number of fused-ring (bicyclic) bond motifs is 2. The Morgan fingerprint density at radius 1 is 1.15 bits per heavy atom. The van der Waals surface area contributed by atoms with Gasteiger partial charge in [-0.05, 0) is 42.2 Å². The predicted molar refractivity (Wildman–Crippen MR) is 122 cm³/mol. The lowest BCUT2D eigenvalue weighted by molar-refractivity contribution is -0.260. The van der Waals surface area contributed by atoms with Crippen molar-refractivity contribution in [3.05, 3.63) is 69.9 Å². The quantitative estimate of drug-likeness (QED) is 0.505. The Morgan fingerprint density at radius 2 is 1.88 bits per heavy atom. The van der Waals surface area contributed by atoms with E-state index in [1.807, 2.05) is 0 Å². The van der Waals surface area contributed by atoms with E-state index in [0.717, 1.165) is 0 Å². The van der Waals surface area contributed by atoms with Gasteiger partial charge in [-0.3, -0.25) is 4.79 Å². The number of nitrogens with zero attached hydrogens (tertiary/aromatic N) is 1. The molecule has 5 nitrogen and oxygen atoms in total. The Labute approximate surface area is 194 Å². The molecule has 2 heterocycles. The third-order valence-corrected chi connectivity index (χ3v) is 6.43. The third kappa shape index (κ3) is 4.24. The van der Waals surface area contributed by atoms with E-state index < -0.39 is 36.0 Å². The highest BCUT2D eigenvalue weighted by Crippen LogP contribution is 2.46. The normalized spacial score (nSPS) is 15.6. The van der Waals surface area contributed by atoms with E-state index in [1.54, 1.807) is 31.3 Å². The van der Waals surface area contributed by atoms with Gasteiger partial charge in [-0.15, -0.1) is 0 Å². The number of benzene rings is 2. The number of nitrogens with one attached hydrogen (secondary N) is 1. The molecule has 4 rings (SSSR count). The average molecular weight is 478 g/mol. The number of halogens is 4. The van der Waals surface area contributed by atoms with Crippen LogP contribution in [0.2, 0.25) is 0 Å². The maximum Gasteiger partial charge on any atom is 0.418 e. The number of anilines is 1. The van der Waals surface area contributed by atoms with Gasteiger partial charge in [-0.25, -0.2) is 4.39 Å². The van der Waals surface area contributed by atoms with E-state index in [1.165, 1.54) is 36.7 Å². The molecule has 0 amide bonds. The molecule has 0 saturated carbocycles. The lowest BCUT2D eigenvalue weighted by Gasteiger charge is -2.38. The summed E-state index contributed by atoms with van der Waals surface area (Å²) in [5.41, 5.74) is -3.50. The monoisotopic (exact) mass is 478 g/mol. The molecule has 182 valence electrons. The molecule has 1 atom stereocenters. The topological polar surface area (TPSA) is 63.5 Å². The number of hydrogen-bond donors (Lipinski definition) is 2. The van der Waals surface area contributed by atoms with Gasteiger partial charge >= 0.3 is 6.18 Å². The van der Waals surface area contributed by atoms with Gasteiger partial charge in [-0.1, -0.05) is 19.9 Å². The minimum Gasteiger partial charge on any atom is -0.493 e. The molecule has 0 unspecified atom stereocenters. The zero-order chi connectivity index (χ0) is 24.9. The Balaban J connectivity index is 1.67. The van der Waals surface area contributed by atoms with Gasteiger partial charge in [0.15, 0.2) is 5.60 Å². The SMILES string of the molecule is Cn1ccc2c(NC[C@@](O)(CC(C)(C)c3cc(F)cc4c3OCC4)C(F)(F)F)cccc2c1=O. The number of aryl methyl sites for hydroxylation is 1. The van der Waals surface area contributed by atoms with Crippen LogP contribution in [-0.4, -0.2) is 34.6 Å². The summed E-state index contributed by atoms with van der Waals surface area (Å²) in [5, 5.41) is 14.4. The molecule has 0 spiro atoms. The van der Waals surface area contributed by atoms with E-state index >= 15 is 0 Å². The predicted octanol–water partition coefficient (Wildman–Crippen LogP) is 4.69. The van der Waals surface area contributed by atoms with Gasteiger partial charge < -0.3 is 19.7 Å². The molecule has 0 radical (unpaired) electrons. The molecule has 3 aromatic rings. The van der Waals surface area contributed by atoms with E-state index in [4.69, 9.17) is 4.74 Å². The van der Waals surface area contributed by atoms with Crippen LogP contribution in [0.1, 0.15) is 31.4 Å². The fourth-order valence-electron chi connectivity index (χ4n) is 4.63. The number of aromatic nitrogens is 1. The summed E-state index contributed by atoms with van der Waals surface area (Å²) in [7, 11) is 1.58. The second-order valence-corrected chi connectivity index (χ2v) is 9.48. The number of aliphatic hydroxyl groups is 1. The van der Waals surface area contributed by atoms with Crippen molar-refractivity contribution < 1.29 is 27.4 Å². The molecule has 2 N–H and O–H groups in total. The first-order valence-corrected chi connectivity index (χ1v) is 10.9. The zero-order valence-corrected chi connectivity index (χ0v) is 19.1. The number of alkyl halides is 3. The number of rotatable bonds is 6. The van der Waals surface area contributed by atoms with E-state index in [2.05, 4.69) is 5.32 Å². The molecule has 0 saturated heterocycles. The summed E-state index contributed by atoms with van der Waals surface area (Å²) in [6, 6.07) is 8.83. The molecule has 2 aromatic carbocycles. The largest absolute Gasteiger partial charge is 0.493 e. The van der Waals surface area contributed by atoms with Crippen LogP contribution in [0.25, 0.3) is 10.8 Å². The van der Waals surface area contributed by atoms with Gasteiger partial charge in [0.1, 0.15) is 11.6 Å². The summed E-state index contributed by atoms with van der Waals surface area (Å²) >= 11 is 0. The molecule has 1 aliphatic heterocycles. The summed E-state index contributed by atoms with van der Waals surface area (Å²) in [5.74, 6) is -0.174. The first-order valence-electron chi connectivity index (χ1n) is 10.9. The smallest absolute Gasteiger partial charge is 0.418 e. The molecule has 1 aromatic heterocycles. The van der Waals surface area contributed by atoms with Gasteiger partial charge in [-0.2, -0.15) is 13.2 Å². The molecule has 34 heavy (non-hydrogen) atoms. The molecule has 0 bridgehead atoms. The molecular weight excluding hydrogens is 452 g/mol. The Morgan fingerprint density at radius 3 is 2.59 bits per heavy atom. The van der Waals surface area contributed by atoms with Crippen molar-refractivity contribution in [2.24, 2.45) is 7.05 Å². The summed E-state index contributed by atoms with van der Waals surface area (Å²) < 4.78 is 63.8.